The van der Waals surface area contributed by atoms with Crippen LogP contribution in [0, 0.1) is 0 Å². The predicted octanol–water partition coefficient (Wildman–Crippen LogP) is 3.39. The molecule has 4 nitrogen and oxygen atoms in total. The molecule has 0 amide bonds. The molecule has 2 heterocycles. The number of carbonyl (C=O) groups excluding carboxylic acids is 2. The smallest absolute Gasteiger partial charge is 0.348 e. The van der Waals surface area contributed by atoms with E-state index in [4.69, 9.17) is 4.74 Å². The maximum absolute atomic E-state index is 11.7. The molecule has 1 aliphatic heterocycles. The van der Waals surface area contributed by atoms with Crippen molar-refractivity contribution in [2.45, 2.75) is 10.3 Å². The average molecular weight is 333 g/mol. The maximum atomic E-state index is 11.7. The lowest BCUT2D eigenvalue weighted by Gasteiger charge is -2.33. The molecule has 114 valence electrons. The van der Waals surface area contributed by atoms with Crippen LogP contribution in [-0.4, -0.2) is 31.7 Å². The van der Waals surface area contributed by atoms with E-state index in [9.17, 15) is 9.59 Å². The Bertz CT molecular complexity index is 684. The fourth-order valence-corrected chi connectivity index (χ4v) is 4.87. The molecule has 1 aromatic heterocycles. The number of rotatable bonds is 4. The lowest BCUT2D eigenvalue weighted by atomic mass is 10.1. The molecule has 1 aliphatic rings. The highest BCUT2D eigenvalue weighted by Crippen LogP contribution is 2.44. The normalized spacial score (nSPS) is 15.0. The summed E-state index contributed by atoms with van der Waals surface area (Å²) in [5.41, 5.74) is 1.91. The van der Waals surface area contributed by atoms with Gasteiger partial charge in [0.2, 0.25) is 0 Å². The van der Waals surface area contributed by atoms with Gasteiger partial charge in [-0.1, -0.05) is 30.3 Å². The zero-order valence-electron chi connectivity index (χ0n) is 12.0. The number of methoxy groups -OCH3 is 1. The van der Waals surface area contributed by atoms with E-state index >= 15 is 0 Å². The van der Waals surface area contributed by atoms with Gasteiger partial charge in [0, 0.05) is 12.3 Å². The summed E-state index contributed by atoms with van der Waals surface area (Å²) in [5, 5.41) is 0. The third-order valence-electron chi connectivity index (χ3n) is 3.55. The van der Waals surface area contributed by atoms with Crippen LogP contribution in [0.1, 0.15) is 21.3 Å². The lowest BCUT2D eigenvalue weighted by molar-refractivity contribution is -0.109. The number of nitrogens with zero attached hydrogens (tertiary/aromatic N) is 1. The SMILES string of the molecule is COC(=O)c1cc2c(s1)SCCN2C(C=O)c1ccccc1. The number of esters is 1. The van der Waals surface area contributed by atoms with Gasteiger partial charge in [0.1, 0.15) is 17.2 Å². The maximum Gasteiger partial charge on any atom is 0.348 e. The summed E-state index contributed by atoms with van der Waals surface area (Å²) < 4.78 is 5.86. The number of fused-ring (bicyclic) bond motifs is 1. The van der Waals surface area contributed by atoms with E-state index in [-0.39, 0.29) is 12.0 Å². The van der Waals surface area contributed by atoms with Gasteiger partial charge < -0.3 is 14.4 Å². The van der Waals surface area contributed by atoms with Gasteiger partial charge in [-0.2, -0.15) is 0 Å². The molecular weight excluding hydrogens is 318 g/mol. The minimum Gasteiger partial charge on any atom is -0.465 e. The minimum atomic E-state index is -0.332. The summed E-state index contributed by atoms with van der Waals surface area (Å²) in [7, 11) is 1.38. The summed E-state index contributed by atoms with van der Waals surface area (Å²) in [6, 6.07) is 11.2. The van der Waals surface area contributed by atoms with Crippen molar-refractivity contribution in [3.63, 3.8) is 0 Å². The van der Waals surface area contributed by atoms with Gasteiger partial charge in [-0.3, -0.25) is 0 Å². The monoisotopic (exact) mass is 333 g/mol. The Kier molecular flexibility index (Phi) is 4.49. The molecule has 0 radical (unpaired) electrons. The fraction of sp³-hybridized carbons (Fsp3) is 0.250. The number of carbonyl (C=O) groups is 2. The van der Waals surface area contributed by atoms with Gasteiger partial charge in [0.15, 0.2) is 0 Å². The number of thioether (sulfide) groups is 1. The van der Waals surface area contributed by atoms with Gasteiger partial charge >= 0.3 is 5.97 Å². The van der Waals surface area contributed by atoms with Crippen LogP contribution in [0.2, 0.25) is 0 Å². The number of ether oxygens (including phenoxy) is 1. The highest BCUT2D eigenvalue weighted by molar-refractivity contribution is 8.01. The van der Waals surface area contributed by atoms with Crippen LogP contribution in [0.5, 0.6) is 0 Å². The van der Waals surface area contributed by atoms with Gasteiger partial charge in [-0.05, 0) is 11.6 Å². The first kappa shape index (κ1) is 15.1. The van der Waals surface area contributed by atoms with Gasteiger partial charge in [0.05, 0.1) is 17.0 Å². The van der Waals surface area contributed by atoms with Crippen LogP contribution >= 0.6 is 23.1 Å². The molecule has 0 spiro atoms. The Morgan fingerprint density at radius 3 is 2.82 bits per heavy atom. The van der Waals surface area contributed by atoms with Crippen molar-refractivity contribution in [3.8, 4) is 0 Å². The minimum absolute atomic E-state index is 0.331. The molecule has 1 atom stereocenters. The lowest BCUT2D eigenvalue weighted by Crippen LogP contribution is -2.33. The summed E-state index contributed by atoms with van der Waals surface area (Å²) in [4.78, 5) is 26.1. The van der Waals surface area contributed by atoms with E-state index in [0.29, 0.717) is 4.88 Å². The van der Waals surface area contributed by atoms with Gasteiger partial charge in [-0.15, -0.1) is 23.1 Å². The van der Waals surface area contributed by atoms with E-state index in [0.717, 1.165) is 34.0 Å². The van der Waals surface area contributed by atoms with Crippen LogP contribution < -0.4 is 4.90 Å². The van der Waals surface area contributed by atoms with Crippen molar-refractivity contribution >= 4 is 41.0 Å². The molecule has 6 heteroatoms. The second-order valence-corrected chi connectivity index (χ2v) is 7.22. The molecule has 0 fully saturated rings. The summed E-state index contributed by atoms with van der Waals surface area (Å²) in [6.45, 7) is 0.771. The third-order valence-corrected chi connectivity index (χ3v) is 5.91. The van der Waals surface area contributed by atoms with Crippen molar-refractivity contribution in [1.82, 2.24) is 0 Å². The van der Waals surface area contributed by atoms with Crippen molar-refractivity contribution < 1.29 is 14.3 Å². The summed E-state index contributed by atoms with van der Waals surface area (Å²) in [5.74, 6) is 0.563. The highest BCUT2D eigenvalue weighted by atomic mass is 32.2. The van der Waals surface area contributed by atoms with Crippen LogP contribution in [0.25, 0.3) is 0 Å². The van der Waals surface area contributed by atoms with Gasteiger partial charge in [-0.25, -0.2) is 4.79 Å². The fourth-order valence-electron chi connectivity index (χ4n) is 2.50. The number of benzene rings is 1. The Balaban J connectivity index is 1.98. The Hall–Kier alpha value is -1.79. The molecule has 2 aromatic rings. The molecule has 22 heavy (non-hydrogen) atoms. The Labute approximate surface area is 137 Å². The van der Waals surface area contributed by atoms with E-state index in [1.807, 2.05) is 36.4 Å². The van der Waals surface area contributed by atoms with Crippen LogP contribution in [0.4, 0.5) is 5.69 Å². The van der Waals surface area contributed by atoms with Gasteiger partial charge in [0.25, 0.3) is 0 Å². The van der Waals surface area contributed by atoms with Crippen molar-refractivity contribution in [1.29, 1.82) is 0 Å². The standard InChI is InChI=1S/C16H15NO3S2/c1-20-15(19)14-9-12-16(22-14)21-8-7-17(12)13(10-18)11-5-3-2-4-6-11/h2-6,9-10,13H,7-8H2,1H3. The van der Waals surface area contributed by atoms with E-state index in [2.05, 4.69) is 4.90 Å². The Morgan fingerprint density at radius 2 is 2.14 bits per heavy atom. The first-order chi connectivity index (χ1) is 10.7. The van der Waals surface area contributed by atoms with E-state index < -0.39 is 0 Å². The first-order valence-corrected chi connectivity index (χ1v) is 8.66. The van der Waals surface area contributed by atoms with Crippen molar-refractivity contribution in [2.24, 2.45) is 0 Å². The molecule has 0 aliphatic carbocycles. The first-order valence-electron chi connectivity index (χ1n) is 6.86. The second-order valence-electron chi connectivity index (χ2n) is 4.81. The van der Waals surface area contributed by atoms with Crippen LogP contribution in [-0.2, 0) is 9.53 Å². The van der Waals surface area contributed by atoms with Crippen LogP contribution in [0.3, 0.4) is 0 Å². The largest absolute Gasteiger partial charge is 0.465 e. The molecule has 0 bridgehead atoms. The molecule has 1 aromatic carbocycles. The zero-order valence-corrected chi connectivity index (χ0v) is 13.7. The molecule has 0 saturated heterocycles. The van der Waals surface area contributed by atoms with Crippen molar-refractivity contribution in [2.75, 3.05) is 24.3 Å². The number of hydrogen-bond acceptors (Lipinski definition) is 6. The zero-order chi connectivity index (χ0) is 15.5. The molecule has 0 saturated carbocycles. The number of hydrogen-bond donors (Lipinski definition) is 0. The van der Waals surface area contributed by atoms with Crippen LogP contribution in [0.15, 0.2) is 40.6 Å². The molecule has 3 rings (SSSR count). The predicted molar refractivity (Wildman–Crippen MR) is 89.0 cm³/mol. The number of anilines is 1. The number of thiophene rings is 1. The average Bonchev–Trinajstić information content (AvgIpc) is 3.01. The third kappa shape index (κ3) is 2.76. The summed E-state index contributed by atoms with van der Waals surface area (Å²) >= 11 is 3.14. The Morgan fingerprint density at radius 1 is 1.36 bits per heavy atom. The second kappa shape index (κ2) is 6.54. The topological polar surface area (TPSA) is 46.6 Å². The quantitative estimate of drug-likeness (QED) is 0.634. The molecule has 1 unspecified atom stereocenters. The van der Waals surface area contributed by atoms with E-state index in [1.165, 1.54) is 18.4 Å². The highest BCUT2D eigenvalue weighted by Gasteiger charge is 2.28. The van der Waals surface area contributed by atoms with E-state index in [1.54, 1.807) is 11.8 Å². The van der Waals surface area contributed by atoms with Crippen molar-refractivity contribution in [3.05, 3.63) is 46.8 Å². The molecule has 0 N–H and O–H groups in total. The summed E-state index contributed by atoms with van der Waals surface area (Å²) in [6.07, 6.45) is 0.963. The molecular formula is C16H15NO3S2. The number of aldehydes is 1.